The maximum Gasteiger partial charge on any atom is 0.236 e. The third kappa shape index (κ3) is 2.79. The molecule has 0 N–H and O–H groups in total. The average Bonchev–Trinajstić information content (AvgIpc) is 2.65. The van der Waals surface area contributed by atoms with Crippen LogP contribution in [0.15, 0.2) is 30.3 Å². The first kappa shape index (κ1) is 14.4. The van der Waals surface area contributed by atoms with E-state index in [0.29, 0.717) is 25.8 Å². The number of amides is 1. The van der Waals surface area contributed by atoms with Gasteiger partial charge in [-0.15, -0.1) is 0 Å². The highest BCUT2D eigenvalue weighted by atomic mass is 16.2. The van der Waals surface area contributed by atoms with Gasteiger partial charge in [-0.1, -0.05) is 30.3 Å². The van der Waals surface area contributed by atoms with Gasteiger partial charge in [0.05, 0.1) is 6.54 Å². The third-order valence-electron chi connectivity index (χ3n) is 3.92. The van der Waals surface area contributed by atoms with Crippen molar-refractivity contribution in [2.75, 3.05) is 6.54 Å². The number of hydrogen-bond donors (Lipinski definition) is 0. The second-order valence-corrected chi connectivity index (χ2v) is 5.46. The summed E-state index contributed by atoms with van der Waals surface area (Å²) in [6.45, 7) is 2.34. The second-order valence-electron chi connectivity index (χ2n) is 5.46. The van der Waals surface area contributed by atoms with Gasteiger partial charge >= 0.3 is 0 Å². The molecule has 0 aliphatic carbocycles. The van der Waals surface area contributed by atoms with Gasteiger partial charge in [0.1, 0.15) is 11.7 Å². The van der Waals surface area contributed by atoms with Gasteiger partial charge in [-0.2, -0.15) is 0 Å². The highest BCUT2D eigenvalue weighted by Crippen LogP contribution is 2.34. The van der Waals surface area contributed by atoms with E-state index in [1.54, 1.807) is 11.8 Å². The molecular weight excluding hydrogens is 254 g/mol. The summed E-state index contributed by atoms with van der Waals surface area (Å²) in [6.07, 6.45) is 2.26. The molecule has 0 saturated carbocycles. The summed E-state index contributed by atoms with van der Waals surface area (Å²) in [5, 5.41) is 0. The maximum atomic E-state index is 12.5. The van der Waals surface area contributed by atoms with Crippen LogP contribution in [0.2, 0.25) is 0 Å². The highest BCUT2D eigenvalue weighted by Gasteiger charge is 2.49. The van der Waals surface area contributed by atoms with Crippen LogP contribution < -0.4 is 0 Å². The molecule has 1 aromatic carbocycles. The van der Waals surface area contributed by atoms with E-state index >= 15 is 0 Å². The van der Waals surface area contributed by atoms with Gasteiger partial charge in [0, 0.05) is 13.0 Å². The molecule has 106 valence electrons. The van der Waals surface area contributed by atoms with Crippen LogP contribution in [0.4, 0.5) is 0 Å². The van der Waals surface area contributed by atoms with Gasteiger partial charge < -0.3 is 9.69 Å². The van der Waals surface area contributed by atoms with Crippen LogP contribution in [-0.4, -0.2) is 29.4 Å². The zero-order chi connectivity index (χ0) is 14.6. The molecule has 1 unspecified atom stereocenters. The summed E-state index contributed by atoms with van der Waals surface area (Å²) in [5.74, 6) is -0.151. The molecule has 2 rings (SSSR count). The lowest BCUT2D eigenvalue weighted by molar-refractivity contribution is -0.139. The number of Topliss-reactive ketones (excluding diaryl/α,β-unsaturated/α-hetero) is 1. The van der Waals surface area contributed by atoms with Crippen LogP contribution in [-0.2, 0) is 20.9 Å². The summed E-state index contributed by atoms with van der Waals surface area (Å²) < 4.78 is 0. The van der Waals surface area contributed by atoms with Crippen LogP contribution in [0.5, 0.6) is 0 Å². The lowest BCUT2D eigenvalue weighted by atomic mass is 9.82. The fourth-order valence-electron chi connectivity index (χ4n) is 2.60. The molecule has 1 aromatic rings. The summed E-state index contributed by atoms with van der Waals surface area (Å²) in [7, 11) is 0. The molecule has 1 aliphatic heterocycles. The zero-order valence-electron chi connectivity index (χ0n) is 11.7. The normalized spacial score (nSPS) is 22.4. The third-order valence-corrected chi connectivity index (χ3v) is 3.92. The smallest absolute Gasteiger partial charge is 0.236 e. The zero-order valence-corrected chi connectivity index (χ0v) is 11.7. The topological polar surface area (TPSA) is 54.5 Å². The molecular formula is C16H19NO3. The van der Waals surface area contributed by atoms with E-state index in [1.165, 1.54) is 0 Å². The van der Waals surface area contributed by atoms with Crippen molar-refractivity contribution in [3.05, 3.63) is 35.9 Å². The molecule has 4 nitrogen and oxygen atoms in total. The van der Waals surface area contributed by atoms with E-state index in [0.717, 1.165) is 11.8 Å². The van der Waals surface area contributed by atoms with Crippen LogP contribution in [0.3, 0.4) is 0 Å². The molecule has 1 saturated heterocycles. The quantitative estimate of drug-likeness (QED) is 0.452. The SMILES string of the molecule is CC1(CCCC=O)C(=O)CN(Cc2ccccc2)C1=O. The Morgan fingerprint density at radius 3 is 2.60 bits per heavy atom. The first-order valence-corrected chi connectivity index (χ1v) is 6.88. The summed E-state index contributed by atoms with van der Waals surface area (Å²) in [6, 6.07) is 9.64. The van der Waals surface area contributed by atoms with Crippen LogP contribution in [0.1, 0.15) is 31.7 Å². The Balaban J connectivity index is 2.06. The van der Waals surface area contributed by atoms with Crippen LogP contribution >= 0.6 is 0 Å². The number of unbranched alkanes of at least 4 members (excludes halogenated alkanes) is 1. The summed E-state index contributed by atoms with van der Waals surface area (Å²) >= 11 is 0. The second kappa shape index (κ2) is 5.99. The van der Waals surface area contributed by atoms with Gasteiger partial charge in [0.15, 0.2) is 5.78 Å². The van der Waals surface area contributed by atoms with Crippen molar-refractivity contribution in [3.8, 4) is 0 Å². The number of hydrogen-bond acceptors (Lipinski definition) is 3. The van der Waals surface area contributed by atoms with Gasteiger partial charge in [-0.05, 0) is 25.3 Å². The molecule has 1 fully saturated rings. The van der Waals surface area contributed by atoms with Crippen molar-refractivity contribution in [2.45, 2.75) is 32.7 Å². The molecule has 0 spiro atoms. The number of likely N-dealkylation sites (tertiary alicyclic amines) is 1. The Kier molecular flexibility index (Phi) is 4.32. The molecule has 1 aliphatic rings. The summed E-state index contributed by atoms with van der Waals surface area (Å²) in [4.78, 5) is 36.6. The largest absolute Gasteiger partial charge is 0.330 e. The molecule has 1 atom stereocenters. The van der Waals surface area contributed by atoms with Crippen molar-refractivity contribution < 1.29 is 14.4 Å². The van der Waals surface area contributed by atoms with Crippen molar-refractivity contribution in [1.82, 2.24) is 4.90 Å². The Morgan fingerprint density at radius 2 is 1.95 bits per heavy atom. The first-order chi connectivity index (χ1) is 9.58. The fourth-order valence-corrected chi connectivity index (χ4v) is 2.60. The Labute approximate surface area is 118 Å². The minimum Gasteiger partial charge on any atom is -0.330 e. The first-order valence-electron chi connectivity index (χ1n) is 6.88. The van der Waals surface area contributed by atoms with E-state index in [-0.39, 0.29) is 18.2 Å². The molecule has 1 amide bonds. The highest BCUT2D eigenvalue weighted by molar-refractivity contribution is 6.12. The monoisotopic (exact) mass is 273 g/mol. The number of carbonyl (C=O) groups is 3. The lowest BCUT2D eigenvalue weighted by Crippen LogP contribution is -2.34. The molecule has 0 radical (unpaired) electrons. The van der Waals surface area contributed by atoms with E-state index in [4.69, 9.17) is 0 Å². The van der Waals surface area contributed by atoms with E-state index in [1.807, 2.05) is 30.3 Å². The van der Waals surface area contributed by atoms with Gasteiger partial charge in [0.25, 0.3) is 0 Å². The number of aldehydes is 1. The van der Waals surface area contributed by atoms with Crippen molar-refractivity contribution in [3.63, 3.8) is 0 Å². The fraction of sp³-hybridized carbons (Fsp3) is 0.438. The van der Waals surface area contributed by atoms with Crippen LogP contribution in [0.25, 0.3) is 0 Å². The lowest BCUT2D eigenvalue weighted by Gasteiger charge is -2.21. The minimum absolute atomic E-state index is 0.0377. The predicted molar refractivity (Wildman–Crippen MR) is 74.9 cm³/mol. The Bertz CT molecular complexity index is 512. The standard InChI is InChI=1S/C16H19NO3/c1-16(9-5-6-10-18)14(19)12-17(15(16)20)11-13-7-3-2-4-8-13/h2-4,7-8,10H,5-6,9,11-12H2,1H3. The Morgan fingerprint density at radius 1 is 1.25 bits per heavy atom. The number of rotatable bonds is 6. The Hall–Kier alpha value is -1.97. The van der Waals surface area contributed by atoms with E-state index in [9.17, 15) is 14.4 Å². The molecule has 1 heterocycles. The van der Waals surface area contributed by atoms with Crippen molar-refractivity contribution in [1.29, 1.82) is 0 Å². The van der Waals surface area contributed by atoms with Gasteiger partial charge in [0.2, 0.25) is 5.91 Å². The van der Waals surface area contributed by atoms with Gasteiger partial charge in [-0.3, -0.25) is 9.59 Å². The van der Waals surface area contributed by atoms with E-state index in [2.05, 4.69) is 0 Å². The minimum atomic E-state index is -0.947. The average molecular weight is 273 g/mol. The van der Waals surface area contributed by atoms with Gasteiger partial charge in [-0.25, -0.2) is 0 Å². The molecule has 20 heavy (non-hydrogen) atoms. The summed E-state index contributed by atoms with van der Waals surface area (Å²) in [5.41, 5.74) is 0.0726. The molecule has 4 heteroatoms. The number of nitrogens with zero attached hydrogens (tertiary/aromatic N) is 1. The molecule has 0 bridgehead atoms. The van der Waals surface area contributed by atoms with Crippen molar-refractivity contribution in [2.24, 2.45) is 5.41 Å². The van der Waals surface area contributed by atoms with E-state index < -0.39 is 5.41 Å². The number of benzene rings is 1. The maximum absolute atomic E-state index is 12.5. The number of ketones is 1. The number of carbonyl (C=O) groups excluding carboxylic acids is 3. The predicted octanol–water partition coefficient (Wildman–Crippen LogP) is 1.97. The van der Waals surface area contributed by atoms with Crippen molar-refractivity contribution >= 4 is 18.0 Å². The molecule has 0 aromatic heterocycles. The van der Waals surface area contributed by atoms with Crippen LogP contribution in [0, 0.1) is 5.41 Å².